The molecule has 0 heterocycles. The van der Waals surface area contributed by atoms with Crippen LogP contribution < -0.4 is 0 Å². The fourth-order valence-electron chi connectivity index (χ4n) is 1.96. The van der Waals surface area contributed by atoms with Gasteiger partial charge in [-0.25, -0.2) is 4.79 Å². The molecule has 0 bridgehead atoms. The molecule has 4 heteroatoms. The van der Waals surface area contributed by atoms with Crippen molar-refractivity contribution in [2.75, 3.05) is 0 Å². The van der Waals surface area contributed by atoms with Crippen LogP contribution in [-0.2, 0) is 19.1 Å². The Labute approximate surface area is 131 Å². The highest BCUT2D eigenvalue weighted by molar-refractivity contribution is 5.80. The molecule has 0 amide bonds. The first-order chi connectivity index (χ1) is 10.4. The van der Waals surface area contributed by atoms with Crippen molar-refractivity contribution in [3.8, 4) is 0 Å². The molecule has 2 atom stereocenters. The molecular formula is C18H22O4. The molecule has 1 aromatic rings. The second kappa shape index (κ2) is 8.82. The first-order valence-corrected chi connectivity index (χ1v) is 7.14. The van der Waals surface area contributed by atoms with Crippen molar-refractivity contribution in [1.29, 1.82) is 0 Å². The van der Waals surface area contributed by atoms with Crippen LogP contribution in [0.5, 0.6) is 0 Å². The second-order valence-electron chi connectivity index (χ2n) is 5.06. The number of ether oxygens (including phenoxy) is 2. The molecule has 0 aliphatic heterocycles. The molecule has 118 valence electrons. The first kappa shape index (κ1) is 17.7. The minimum atomic E-state index is -1.06. The molecule has 0 spiro atoms. The summed E-state index contributed by atoms with van der Waals surface area (Å²) in [5.41, 5.74) is 1.48. The van der Waals surface area contributed by atoms with Crippen LogP contribution in [0.1, 0.15) is 38.9 Å². The number of esters is 2. The average Bonchev–Trinajstić information content (AvgIpc) is 2.45. The number of carbonyl (C=O) groups excluding carboxylic acids is 2. The molecule has 0 aliphatic carbocycles. The molecule has 1 rings (SSSR count). The van der Waals surface area contributed by atoms with Gasteiger partial charge in [0, 0.05) is 18.9 Å². The summed E-state index contributed by atoms with van der Waals surface area (Å²) in [6, 6.07) is 8.81. The zero-order valence-corrected chi connectivity index (χ0v) is 13.2. The van der Waals surface area contributed by atoms with E-state index in [9.17, 15) is 9.59 Å². The summed E-state index contributed by atoms with van der Waals surface area (Å²) in [7, 11) is 0. The van der Waals surface area contributed by atoms with Crippen LogP contribution in [0.15, 0.2) is 54.6 Å². The van der Waals surface area contributed by atoms with Crippen LogP contribution in [0.2, 0.25) is 0 Å². The summed E-state index contributed by atoms with van der Waals surface area (Å²) >= 11 is 0. The maximum atomic E-state index is 12.4. The molecule has 22 heavy (non-hydrogen) atoms. The Morgan fingerprint density at radius 2 is 1.82 bits per heavy atom. The highest BCUT2D eigenvalue weighted by Gasteiger charge is 2.27. The van der Waals surface area contributed by atoms with Crippen LogP contribution in [-0.4, -0.2) is 18.0 Å². The number of allylic oxidation sites excluding steroid dienone is 1. The Morgan fingerprint density at radius 1 is 1.18 bits per heavy atom. The van der Waals surface area contributed by atoms with Crippen LogP contribution >= 0.6 is 0 Å². The molecule has 1 aromatic carbocycles. The summed E-state index contributed by atoms with van der Waals surface area (Å²) in [4.78, 5) is 23.6. The van der Waals surface area contributed by atoms with Gasteiger partial charge in [0.05, 0.1) is 0 Å². The topological polar surface area (TPSA) is 52.6 Å². The van der Waals surface area contributed by atoms with Gasteiger partial charge in [0.15, 0.2) is 0 Å². The van der Waals surface area contributed by atoms with Gasteiger partial charge in [-0.15, -0.1) is 0 Å². The Morgan fingerprint density at radius 3 is 2.32 bits per heavy atom. The highest BCUT2D eigenvalue weighted by atomic mass is 16.6. The molecule has 0 saturated carbocycles. The van der Waals surface area contributed by atoms with Gasteiger partial charge < -0.3 is 9.47 Å². The summed E-state index contributed by atoms with van der Waals surface area (Å²) in [5.74, 6) is -1.13. The van der Waals surface area contributed by atoms with E-state index in [-0.39, 0.29) is 0 Å². The van der Waals surface area contributed by atoms with Crippen LogP contribution in [0.4, 0.5) is 0 Å². The number of hydrogen-bond acceptors (Lipinski definition) is 4. The molecule has 0 saturated heterocycles. The van der Waals surface area contributed by atoms with Gasteiger partial charge >= 0.3 is 11.9 Å². The van der Waals surface area contributed by atoms with E-state index in [0.29, 0.717) is 12.0 Å². The fourth-order valence-corrected chi connectivity index (χ4v) is 1.96. The number of carbonyl (C=O) groups is 2. The van der Waals surface area contributed by atoms with Crippen molar-refractivity contribution in [1.82, 2.24) is 0 Å². The van der Waals surface area contributed by atoms with Crippen molar-refractivity contribution >= 4 is 11.9 Å². The largest absolute Gasteiger partial charge is 0.455 e. The first-order valence-electron chi connectivity index (χ1n) is 7.14. The third kappa shape index (κ3) is 5.95. The quantitative estimate of drug-likeness (QED) is 0.568. The molecule has 4 nitrogen and oxygen atoms in total. The van der Waals surface area contributed by atoms with Crippen LogP contribution in [0, 0.1) is 0 Å². The third-order valence-electron chi connectivity index (χ3n) is 2.82. The summed E-state index contributed by atoms with van der Waals surface area (Å²) in [6.45, 7) is 8.80. The monoisotopic (exact) mass is 302 g/mol. The van der Waals surface area contributed by atoms with Crippen molar-refractivity contribution in [3.63, 3.8) is 0 Å². The third-order valence-corrected chi connectivity index (χ3v) is 2.82. The SMILES string of the molecule is C=C(C)C[C@H](/C=C/C)OC(=O)[C@@H](OC(C)=O)c1ccccc1. The molecule has 0 unspecified atom stereocenters. The zero-order chi connectivity index (χ0) is 16.5. The fraction of sp³-hybridized carbons (Fsp3) is 0.333. The van der Waals surface area contributed by atoms with Gasteiger partial charge in [-0.1, -0.05) is 48.6 Å². The number of hydrogen-bond donors (Lipinski definition) is 0. The number of benzene rings is 1. The molecule has 0 N–H and O–H groups in total. The van der Waals surface area contributed by atoms with Crippen LogP contribution in [0.25, 0.3) is 0 Å². The number of rotatable bonds is 7. The van der Waals surface area contributed by atoms with Gasteiger partial charge in [0.25, 0.3) is 0 Å². The van der Waals surface area contributed by atoms with E-state index in [2.05, 4.69) is 6.58 Å². The maximum absolute atomic E-state index is 12.4. The molecular weight excluding hydrogens is 280 g/mol. The lowest BCUT2D eigenvalue weighted by Crippen LogP contribution is -2.25. The van der Waals surface area contributed by atoms with E-state index < -0.39 is 24.1 Å². The van der Waals surface area contributed by atoms with E-state index in [1.165, 1.54) is 6.92 Å². The summed E-state index contributed by atoms with van der Waals surface area (Å²) in [6.07, 6.45) is 2.64. The van der Waals surface area contributed by atoms with E-state index in [1.54, 1.807) is 30.3 Å². The van der Waals surface area contributed by atoms with Crippen molar-refractivity contribution in [2.24, 2.45) is 0 Å². The summed E-state index contributed by atoms with van der Waals surface area (Å²) < 4.78 is 10.6. The predicted octanol–water partition coefficient (Wildman–Crippen LogP) is 3.74. The normalized spacial score (nSPS) is 13.4. The van der Waals surface area contributed by atoms with E-state index in [1.807, 2.05) is 26.0 Å². The Hall–Kier alpha value is -2.36. The standard InChI is InChI=1S/C18H22O4/c1-5-9-16(12-13(2)3)22-18(20)17(21-14(4)19)15-10-7-6-8-11-15/h5-11,16-17H,2,12H2,1,3-4H3/b9-5+/t16-,17-/m0/s1. The molecule has 0 aliphatic rings. The average molecular weight is 302 g/mol. The van der Waals surface area contributed by atoms with Gasteiger partial charge in [0.2, 0.25) is 6.10 Å². The smallest absolute Gasteiger partial charge is 0.352 e. The van der Waals surface area contributed by atoms with E-state index >= 15 is 0 Å². The second-order valence-corrected chi connectivity index (χ2v) is 5.06. The lowest BCUT2D eigenvalue weighted by atomic mass is 10.1. The molecule has 0 aromatic heterocycles. The molecule has 0 radical (unpaired) electrons. The van der Waals surface area contributed by atoms with Crippen LogP contribution in [0.3, 0.4) is 0 Å². The highest BCUT2D eigenvalue weighted by Crippen LogP contribution is 2.21. The molecule has 0 fully saturated rings. The zero-order valence-electron chi connectivity index (χ0n) is 13.2. The predicted molar refractivity (Wildman–Crippen MR) is 85.1 cm³/mol. The van der Waals surface area contributed by atoms with Crippen molar-refractivity contribution in [2.45, 2.75) is 39.4 Å². The minimum Gasteiger partial charge on any atom is -0.455 e. The Balaban J connectivity index is 2.91. The Kier molecular flexibility index (Phi) is 7.09. The van der Waals surface area contributed by atoms with E-state index in [0.717, 1.165) is 5.57 Å². The lowest BCUT2D eigenvalue weighted by Gasteiger charge is -2.20. The maximum Gasteiger partial charge on any atom is 0.352 e. The van der Waals surface area contributed by atoms with Crippen molar-refractivity contribution < 1.29 is 19.1 Å². The van der Waals surface area contributed by atoms with E-state index in [4.69, 9.17) is 9.47 Å². The van der Waals surface area contributed by atoms with Crippen molar-refractivity contribution in [3.05, 3.63) is 60.2 Å². The van der Waals surface area contributed by atoms with Gasteiger partial charge in [-0.3, -0.25) is 4.79 Å². The Bertz CT molecular complexity index is 545. The van der Waals surface area contributed by atoms with Gasteiger partial charge in [-0.2, -0.15) is 0 Å². The minimum absolute atomic E-state index is 0.420. The van der Waals surface area contributed by atoms with Gasteiger partial charge in [-0.05, 0) is 19.9 Å². The van der Waals surface area contributed by atoms with Gasteiger partial charge in [0.1, 0.15) is 6.10 Å². The lowest BCUT2D eigenvalue weighted by molar-refractivity contribution is -0.169. The summed E-state index contributed by atoms with van der Waals surface area (Å²) in [5, 5.41) is 0.